The molecule has 1 aliphatic heterocycles. The number of hydrogen-bond donors (Lipinski definition) is 1. The highest BCUT2D eigenvalue weighted by atomic mass is 32.2. The van der Waals surface area contributed by atoms with Crippen LogP contribution in [0, 0.1) is 13.8 Å². The molecule has 1 N–H and O–H groups in total. The number of sulfone groups is 1. The lowest BCUT2D eigenvalue weighted by atomic mass is 10.1. The van der Waals surface area contributed by atoms with Gasteiger partial charge in [0.15, 0.2) is 14.9 Å². The van der Waals surface area contributed by atoms with E-state index in [2.05, 4.69) is 5.32 Å². The molecule has 0 unspecified atom stereocenters. The molecule has 134 valence electrons. The second kappa shape index (κ2) is 7.17. The van der Waals surface area contributed by atoms with E-state index in [4.69, 9.17) is 16.6 Å². The Balaban J connectivity index is 1.82. The number of anilines is 1. The Bertz CT molecular complexity index is 860. The van der Waals surface area contributed by atoms with Gasteiger partial charge in [-0.2, -0.15) is 0 Å². The first-order chi connectivity index (χ1) is 11.8. The monoisotopic (exact) mass is 378 g/mol. The average Bonchev–Trinajstić information content (AvgIpc) is 3.17. The molecule has 5 nitrogen and oxygen atoms in total. The van der Waals surface area contributed by atoms with Crippen molar-refractivity contribution < 1.29 is 12.8 Å². The predicted octanol–water partition coefficient (Wildman–Crippen LogP) is 3.28. The first-order valence-corrected chi connectivity index (χ1v) is 10.4. The Morgan fingerprint density at radius 1 is 1.36 bits per heavy atom. The molecule has 25 heavy (non-hydrogen) atoms. The first kappa shape index (κ1) is 17.9. The van der Waals surface area contributed by atoms with Crippen LogP contribution in [-0.2, 0) is 16.4 Å². The summed E-state index contributed by atoms with van der Waals surface area (Å²) in [4.78, 5) is 1.93. The summed E-state index contributed by atoms with van der Waals surface area (Å²) in [6.45, 7) is 4.49. The molecule has 2 aromatic rings. The second-order valence-corrected chi connectivity index (χ2v) is 9.13. The Hall–Kier alpha value is -1.86. The van der Waals surface area contributed by atoms with Crippen LogP contribution in [0.2, 0.25) is 0 Å². The van der Waals surface area contributed by atoms with Crippen LogP contribution >= 0.6 is 12.2 Å². The fourth-order valence-electron chi connectivity index (χ4n) is 3.02. The van der Waals surface area contributed by atoms with Crippen LogP contribution in [0.25, 0.3) is 0 Å². The molecule has 0 amide bonds. The highest BCUT2D eigenvalue weighted by molar-refractivity contribution is 7.91. The van der Waals surface area contributed by atoms with Gasteiger partial charge < -0.3 is 14.6 Å². The number of nitrogens with one attached hydrogen (secondary N) is 1. The predicted molar refractivity (Wildman–Crippen MR) is 103 cm³/mol. The standard InChI is InChI=1S/C18H22N2O3S2/c1-13-5-6-14(2)17(10-13)19-18(24)20(11-16-4-3-8-23-16)15-7-9-25(21,22)12-15/h3-6,8,10,15H,7,9,11-12H2,1-2H3,(H,19,24)/t15-/m0/s1. The van der Waals surface area contributed by atoms with Gasteiger partial charge in [-0.1, -0.05) is 12.1 Å². The molecule has 7 heteroatoms. The smallest absolute Gasteiger partial charge is 0.174 e. The molecule has 2 heterocycles. The third-order valence-electron chi connectivity index (χ3n) is 4.45. The highest BCUT2D eigenvalue weighted by Crippen LogP contribution is 2.23. The Labute approximate surface area is 153 Å². The molecule has 0 spiro atoms. The Morgan fingerprint density at radius 2 is 2.16 bits per heavy atom. The van der Waals surface area contributed by atoms with E-state index in [-0.39, 0.29) is 17.5 Å². The van der Waals surface area contributed by atoms with Gasteiger partial charge in [0, 0.05) is 11.7 Å². The summed E-state index contributed by atoms with van der Waals surface area (Å²) in [5.41, 5.74) is 3.16. The van der Waals surface area contributed by atoms with Crippen molar-refractivity contribution in [3.8, 4) is 0 Å². The van der Waals surface area contributed by atoms with Crippen LogP contribution in [0.5, 0.6) is 0 Å². The first-order valence-electron chi connectivity index (χ1n) is 8.22. The van der Waals surface area contributed by atoms with Gasteiger partial charge in [0.2, 0.25) is 0 Å². The number of aryl methyl sites for hydroxylation is 2. The minimum absolute atomic E-state index is 0.127. The second-order valence-electron chi connectivity index (χ2n) is 6.51. The lowest BCUT2D eigenvalue weighted by Gasteiger charge is -2.30. The van der Waals surface area contributed by atoms with Gasteiger partial charge in [0.1, 0.15) is 5.76 Å². The van der Waals surface area contributed by atoms with Gasteiger partial charge >= 0.3 is 0 Å². The van der Waals surface area contributed by atoms with Gasteiger partial charge in [-0.3, -0.25) is 0 Å². The van der Waals surface area contributed by atoms with E-state index in [1.807, 2.05) is 49.1 Å². The van der Waals surface area contributed by atoms with Crippen molar-refractivity contribution in [2.24, 2.45) is 0 Å². The van der Waals surface area contributed by atoms with E-state index < -0.39 is 9.84 Å². The maximum atomic E-state index is 11.9. The van der Waals surface area contributed by atoms with Crippen molar-refractivity contribution in [2.45, 2.75) is 32.9 Å². The number of nitrogens with zero attached hydrogens (tertiary/aromatic N) is 1. The maximum Gasteiger partial charge on any atom is 0.174 e. The number of thiocarbonyl (C=S) groups is 1. The SMILES string of the molecule is Cc1ccc(C)c(NC(=S)N(Cc2ccco2)[C@H]2CCS(=O)(=O)C2)c1. The van der Waals surface area contributed by atoms with E-state index in [1.54, 1.807) is 6.26 Å². The minimum Gasteiger partial charge on any atom is -0.467 e. The van der Waals surface area contributed by atoms with Crippen molar-refractivity contribution in [1.82, 2.24) is 4.90 Å². The van der Waals surface area contributed by atoms with Crippen molar-refractivity contribution in [3.63, 3.8) is 0 Å². The average molecular weight is 379 g/mol. The Morgan fingerprint density at radius 3 is 2.80 bits per heavy atom. The molecule has 0 bridgehead atoms. The number of furan rings is 1. The molecular formula is C18H22N2O3S2. The van der Waals surface area contributed by atoms with E-state index in [0.29, 0.717) is 18.1 Å². The molecule has 1 saturated heterocycles. The van der Waals surface area contributed by atoms with Crippen LogP contribution < -0.4 is 5.32 Å². The third kappa shape index (κ3) is 4.41. The van der Waals surface area contributed by atoms with Crippen molar-refractivity contribution in [1.29, 1.82) is 0 Å². The van der Waals surface area contributed by atoms with Gasteiger partial charge in [-0.25, -0.2) is 8.42 Å². The summed E-state index contributed by atoms with van der Waals surface area (Å²) in [7, 11) is -3.00. The Kier molecular flexibility index (Phi) is 5.15. The van der Waals surface area contributed by atoms with E-state index in [0.717, 1.165) is 22.6 Å². The molecule has 3 rings (SSSR count). The van der Waals surface area contributed by atoms with Crippen molar-refractivity contribution >= 4 is 32.9 Å². The van der Waals surface area contributed by atoms with Gasteiger partial charge in [0.25, 0.3) is 0 Å². The molecule has 1 fully saturated rings. The van der Waals surface area contributed by atoms with Crippen LogP contribution in [0.3, 0.4) is 0 Å². The molecular weight excluding hydrogens is 356 g/mol. The van der Waals surface area contributed by atoms with Crippen LogP contribution in [0.15, 0.2) is 41.0 Å². The quantitative estimate of drug-likeness (QED) is 0.824. The zero-order valence-corrected chi connectivity index (χ0v) is 16.0. The fourth-order valence-corrected chi connectivity index (χ4v) is 5.07. The van der Waals surface area contributed by atoms with Gasteiger partial charge in [-0.05, 0) is 61.8 Å². The maximum absolute atomic E-state index is 11.9. The number of rotatable bonds is 4. The fraction of sp³-hybridized carbons (Fsp3) is 0.389. The molecule has 1 aliphatic rings. The lowest BCUT2D eigenvalue weighted by Crippen LogP contribution is -2.43. The van der Waals surface area contributed by atoms with E-state index >= 15 is 0 Å². The summed E-state index contributed by atoms with van der Waals surface area (Å²) in [6.07, 6.45) is 2.19. The van der Waals surface area contributed by atoms with Crippen molar-refractivity contribution in [2.75, 3.05) is 16.8 Å². The summed E-state index contributed by atoms with van der Waals surface area (Å²) in [6, 6.07) is 9.68. The zero-order valence-electron chi connectivity index (χ0n) is 14.4. The van der Waals surface area contributed by atoms with Crippen LogP contribution in [0.1, 0.15) is 23.3 Å². The van der Waals surface area contributed by atoms with Crippen LogP contribution in [-0.4, -0.2) is 36.0 Å². The molecule has 0 saturated carbocycles. The van der Waals surface area contributed by atoms with Crippen molar-refractivity contribution in [3.05, 3.63) is 53.5 Å². The summed E-state index contributed by atoms with van der Waals surface area (Å²) < 4.78 is 29.3. The number of hydrogen-bond acceptors (Lipinski definition) is 4. The number of benzene rings is 1. The zero-order chi connectivity index (χ0) is 18.0. The topological polar surface area (TPSA) is 62.6 Å². The molecule has 0 radical (unpaired) electrons. The lowest BCUT2D eigenvalue weighted by molar-refractivity contribution is 0.302. The highest BCUT2D eigenvalue weighted by Gasteiger charge is 2.34. The minimum atomic E-state index is -3.00. The third-order valence-corrected chi connectivity index (χ3v) is 6.54. The largest absolute Gasteiger partial charge is 0.467 e. The molecule has 1 aromatic carbocycles. The molecule has 0 aliphatic carbocycles. The van der Waals surface area contributed by atoms with Gasteiger partial charge in [-0.15, -0.1) is 0 Å². The van der Waals surface area contributed by atoms with E-state index in [9.17, 15) is 8.42 Å². The molecule has 1 aromatic heterocycles. The summed E-state index contributed by atoms with van der Waals surface area (Å²) in [5.74, 6) is 1.09. The molecule has 1 atom stereocenters. The normalized spacial score (nSPS) is 18.9. The van der Waals surface area contributed by atoms with Crippen LogP contribution in [0.4, 0.5) is 5.69 Å². The summed E-state index contributed by atoms with van der Waals surface area (Å²) in [5, 5.41) is 3.81. The van der Waals surface area contributed by atoms with Gasteiger partial charge in [0.05, 0.1) is 24.3 Å². The van der Waals surface area contributed by atoms with E-state index in [1.165, 1.54) is 0 Å². The summed E-state index contributed by atoms with van der Waals surface area (Å²) >= 11 is 5.62.